The third kappa shape index (κ3) is 2.54. The molecule has 6 nitrogen and oxygen atoms in total. The Labute approximate surface area is 142 Å². The van der Waals surface area contributed by atoms with Gasteiger partial charge >= 0.3 is 6.18 Å². The van der Waals surface area contributed by atoms with Crippen LogP contribution in [0.15, 0.2) is 58.1 Å². The lowest BCUT2D eigenvalue weighted by Crippen LogP contribution is -2.34. The first-order chi connectivity index (χ1) is 12.0. The molecule has 0 saturated carbocycles. The summed E-state index contributed by atoms with van der Waals surface area (Å²) in [7, 11) is 0. The number of nitrogens with one attached hydrogen (secondary N) is 1. The predicted octanol–water partition coefficient (Wildman–Crippen LogP) is 3.65. The van der Waals surface area contributed by atoms with Crippen LogP contribution in [0.25, 0.3) is 0 Å². The summed E-state index contributed by atoms with van der Waals surface area (Å²) in [6.45, 7) is 0. The Bertz CT molecular complexity index is 942. The van der Waals surface area contributed by atoms with Crippen LogP contribution in [0.3, 0.4) is 0 Å². The molecule has 0 aliphatic carbocycles. The van der Waals surface area contributed by atoms with Crippen molar-refractivity contribution in [1.82, 2.24) is 14.8 Å². The summed E-state index contributed by atoms with van der Waals surface area (Å²) in [6, 6.07) is 3.49. The fraction of sp³-hybridized carbons (Fsp3) is 0.133. The number of allylic oxidation sites excluding steroid dienone is 2. The van der Waals surface area contributed by atoms with Gasteiger partial charge in [-0.25, -0.2) is 4.68 Å². The van der Waals surface area contributed by atoms with Gasteiger partial charge in [-0.15, -0.1) is 11.3 Å². The topological polar surface area (TPSA) is 73.0 Å². The normalized spacial score (nSPS) is 17.3. The summed E-state index contributed by atoms with van der Waals surface area (Å²) >= 11 is 1.07. The molecule has 25 heavy (non-hydrogen) atoms. The Morgan fingerprint density at radius 1 is 1.36 bits per heavy atom. The van der Waals surface area contributed by atoms with Crippen LogP contribution in [-0.4, -0.2) is 26.7 Å². The second-order valence-corrected chi connectivity index (χ2v) is 6.15. The van der Waals surface area contributed by atoms with Gasteiger partial charge in [0.2, 0.25) is 11.7 Å². The van der Waals surface area contributed by atoms with E-state index >= 15 is 0 Å². The van der Waals surface area contributed by atoms with Crippen LogP contribution in [0, 0.1) is 0 Å². The van der Waals surface area contributed by atoms with Gasteiger partial charge in [-0.05, 0) is 17.5 Å². The molecule has 0 amide bonds. The van der Waals surface area contributed by atoms with E-state index in [2.05, 4.69) is 15.4 Å². The zero-order valence-corrected chi connectivity index (χ0v) is 13.1. The van der Waals surface area contributed by atoms with E-state index < -0.39 is 29.3 Å². The number of carbonyl (C=O) groups is 1. The van der Waals surface area contributed by atoms with E-state index in [0.29, 0.717) is 5.56 Å². The van der Waals surface area contributed by atoms with Crippen molar-refractivity contribution in [3.05, 3.63) is 64.1 Å². The van der Waals surface area contributed by atoms with E-state index in [4.69, 9.17) is 4.42 Å². The maximum atomic E-state index is 13.7. The number of anilines is 1. The Hall–Kier alpha value is -2.88. The van der Waals surface area contributed by atoms with Crippen molar-refractivity contribution in [3.8, 4) is 0 Å². The third-order valence-corrected chi connectivity index (χ3v) is 4.60. The number of thiophene rings is 1. The molecule has 0 unspecified atom stereocenters. The molecule has 1 atom stereocenters. The van der Waals surface area contributed by atoms with Crippen LogP contribution >= 0.6 is 11.3 Å². The molecule has 4 rings (SSSR count). The van der Waals surface area contributed by atoms with Crippen molar-refractivity contribution >= 4 is 23.1 Å². The number of alkyl halides is 3. The van der Waals surface area contributed by atoms with E-state index in [0.717, 1.165) is 17.7 Å². The Morgan fingerprint density at radius 2 is 2.20 bits per heavy atom. The van der Waals surface area contributed by atoms with Gasteiger partial charge in [0.05, 0.1) is 23.0 Å². The minimum atomic E-state index is -4.76. The predicted molar refractivity (Wildman–Crippen MR) is 82.2 cm³/mol. The first-order valence-corrected chi connectivity index (χ1v) is 7.93. The SMILES string of the molecule is O=C(C1=C(C(F)(F)F)Nc2ncnn2[C@@H]1c1ccoc1)c1cccs1. The van der Waals surface area contributed by atoms with Gasteiger partial charge in [0, 0.05) is 5.56 Å². The van der Waals surface area contributed by atoms with Gasteiger partial charge in [0.15, 0.2) is 0 Å². The van der Waals surface area contributed by atoms with Crippen molar-refractivity contribution in [3.63, 3.8) is 0 Å². The number of hydrogen-bond donors (Lipinski definition) is 1. The van der Waals surface area contributed by atoms with Gasteiger partial charge in [0.25, 0.3) is 0 Å². The highest BCUT2D eigenvalue weighted by atomic mass is 32.1. The summed E-state index contributed by atoms with van der Waals surface area (Å²) in [5.74, 6) is -0.816. The number of hydrogen-bond acceptors (Lipinski definition) is 6. The number of rotatable bonds is 3. The van der Waals surface area contributed by atoms with Crippen LogP contribution in [0.2, 0.25) is 0 Å². The lowest BCUT2D eigenvalue weighted by molar-refractivity contribution is -0.0918. The first kappa shape index (κ1) is 15.6. The molecule has 10 heteroatoms. The summed E-state index contributed by atoms with van der Waals surface area (Å²) in [5, 5.41) is 7.80. The molecule has 1 aliphatic rings. The minimum absolute atomic E-state index is 0.0961. The molecule has 1 aliphatic heterocycles. The summed E-state index contributed by atoms with van der Waals surface area (Å²) in [4.78, 5) is 16.9. The summed E-state index contributed by atoms with van der Waals surface area (Å²) < 4.78 is 47.2. The Balaban J connectivity index is 1.97. The number of halogens is 3. The first-order valence-electron chi connectivity index (χ1n) is 7.05. The second kappa shape index (κ2) is 5.59. The molecule has 0 fully saturated rings. The number of nitrogens with zero attached hydrogens (tertiary/aromatic N) is 3. The standard InChI is InChI=1S/C15H9F3N4O2S/c16-15(17,18)13-10(12(23)9-2-1-5-25-9)11(8-3-4-24-6-8)22-14(21-13)19-7-20-22/h1-7,11H,(H,19,20,21)/t11-/m1/s1. The maximum absolute atomic E-state index is 13.7. The smallest absolute Gasteiger partial charge is 0.431 e. The van der Waals surface area contributed by atoms with Crippen LogP contribution in [0.5, 0.6) is 0 Å². The third-order valence-electron chi connectivity index (χ3n) is 3.73. The van der Waals surface area contributed by atoms with Crippen LogP contribution in [0.1, 0.15) is 21.3 Å². The van der Waals surface area contributed by atoms with E-state index in [-0.39, 0.29) is 10.8 Å². The lowest BCUT2D eigenvalue weighted by atomic mass is 9.93. The van der Waals surface area contributed by atoms with Gasteiger partial charge in [-0.3, -0.25) is 4.79 Å². The number of fused-ring (bicyclic) bond motifs is 1. The van der Waals surface area contributed by atoms with Crippen LogP contribution in [0.4, 0.5) is 19.1 Å². The highest BCUT2D eigenvalue weighted by Crippen LogP contribution is 2.42. The molecule has 3 aromatic heterocycles. The molecular formula is C15H9F3N4O2S. The number of ketones is 1. The second-order valence-electron chi connectivity index (χ2n) is 5.21. The van der Waals surface area contributed by atoms with E-state index in [1.807, 2.05) is 0 Å². The lowest BCUT2D eigenvalue weighted by Gasteiger charge is -2.29. The molecule has 0 spiro atoms. The van der Waals surface area contributed by atoms with Crippen LogP contribution in [-0.2, 0) is 0 Å². The zero-order chi connectivity index (χ0) is 17.6. The minimum Gasteiger partial charge on any atom is -0.472 e. The molecule has 1 N–H and O–H groups in total. The summed E-state index contributed by atoms with van der Waals surface area (Å²) in [6.07, 6.45) is -1.02. The van der Waals surface area contributed by atoms with Crippen molar-refractivity contribution in [2.45, 2.75) is 12.2 Å². The number of furan rings is 1. The Kier molecular flexibility index (Phi) is 3.49. The molecule has 0 radical (unpaired) electrons. The van der Waals surface area contributed by atoms with Crippen molar-refractivity contribution < 1.29 is 22.4 Å². The molecule has 128 valence electrons. The van der Waals surface area contributed by atoms with Gasteiger partial charge in [-0.2, -0.15) is 23.3 Å². The quantitative estimate of drug-likeness (QED) is 0.717. The fourth-order valence-corrected chi connectivity index (χ4v) is 3.38. The average molecular weight is 366 g/mol. The van der Waals surface area contributed by atoms with Crippen molar-refractivity contribution in [2.24, 2.45) is 0 Å². The molecule has 0 aromatic carbocycles. The van der Waals surface area contributed by atoms with Crippen molar-refractivity contribution in [1.29, 1.82) is 0 Å². The highest BCUT2D eigenvalue weighted by molar-refractivity contribution is 7.12. The molecule has 0 saturated heterocycles. The highest BCUT2D eigenvalue weighted by Gasteiger charge is 2.46. The molecule has 3 aromatic rings. The number of carbonyl (C=O) groups excluding carboxylic acids is 1. The summed E-state index contributed by atoms with van der Waals surface area (Å²) in [5.41, 5.74) is -1.22. The monoisotopic (exact) mass is 366 g/mol. The molecule has 0 bridgehead atoms. The Morgan fingerprint density at radius 3 is 2.84 bits per heavy atom. The van der Waals surface area contributed by atoms with Gasteiger partial charge < -0.3 is 9.73 Å². The van der Waals surface area contributed by atoms with Crippen LogP contribution < -0.4 is 5.32 Å². The van der Waals surface area contributed by atoms with Gasteiger partial charge in [-0.1, -0.05) is 6.07 Å². The van der Waals surface area contributed by atoms with E-state index in [9.17, 15) is 18.0 Å². The zero-order valence-electron chi connectivity index (χ0n) is 12.3. The number of Topliss-reactive ketones (excluding diaryl/α,β-unsaturated/α-hetero) is 1. The maximum Gasteiger partial charge on any atom is 0.431 e. The molecule has 4 heterocycles. The average Bonchev–Trinajstić information content (AvgIpc) is 3.33. The van der Waals surface area contributed by atoms with E-state index in [1.165, 1.54) is 29.3 Å². The van der Waals surface area contributed by atoms with E-state index in [1.54, 1.807) is 11.4 Å². The van der Waals surface area contributed by atoms with Gasteiger partial charge in [0.1, 0.15) is 18.1 Å². The van der Waals surface area contributed by atoms with Crippen molar-refractivity contribution in [2.75, 3.05) is 5.32 Å². The molecular weight excluding hydrogens is 357 g/mol. The fourth-order valence-electron chi connectivity index (χ4n) is 2.71. The largest absolute Gasteiger partial charge is 0.472 e. The number of aromatic nitrogens is 3.